The van der Waals surface area contributed by atoms with Crippen LogP contribution >= 0.6 is 0 Å². The fraction of sp³-hybridized carbons (Fsp3) is 0.361. The molecule has 5 rings (SSSR count). The number of aryl methyl sites for hydroxylation is 1. The van der Waals surface area contributed by atoms with E-state index in [1.807, 2.05) is 91.9 Å². The monoisotopic (exact) mass is 593 g/mol. The highest BCUT2D eigenvalue weighted by atomic mass is 16.5. The molecule has 230 valence electrons. The first-order chi connectivity index (χ1) is 21.2. The molecule has 8 heteroatoms. The van der Waals surface area contributed by atoms with Crippen molar-refractivity contribution in [3.05, 3.63) is 102 Å². The molecule has 1 fully saturated rings. The van der Waals surface area contributed by atoms with Crippen LogP contribution in [0.5, 0.6) is 5.75 Å². The molecule has 2 amide bonds. The first kappa shape index (κ1) is 31.0. The molecule has 4 aromatic rings. The van der Waals surface area contributed by atoms with Crippen LogP contribution < -0.4 is 20.7 Å². The SMILES string of the molecule is Cc1ccc(-n2nc(C(C)(C)C)cc2NC(=O)Nc2ccc(C(C(=O)CCOc3ccccc3)C3CCNCC3)cc2)cc1. The molecule has 1 saturated heterocycles. The third kappa shape index (κ3) is 7.94. The van der Waals surface area contributed by atoms with E-state index < -0.39 is 0 Å². The van der Waals surface area contributed by atoms with Crippen molar-refractivity contribution in [1.29, 1.82) is 0 Å². The maximum Gasteiger partial charge on any atom is 0.324 e. The summed E-state index contributed by atoms with van der Waals surface area (Å²) in [4.78, 5) is 26.7. The van der Waals surface area contributed by atoms with Crippen molar-refractivity contribution < 1.29 is 14.3 Å². The Morgan fingerprint density at radius 3 is 2.30 bits per heavy atom. The van der Waals surface area contributed by atoms with Crippen molar-refractivity contribution in [2.75, 3.05) is 30.3 Å². The third-order valence-corrected chi connectivity index (χ3v) is 8.09. The number of nitrogens with zero attached hydrogens (tertiary/aromatic N) is 2. The predicted octanol–water partition coefficient (Wildman–Crippen LogP) is 7.24. The van der Waals surface area contributed by atoms with Gasteiger partial charge in [-0.2, -0.15) is 5.10 Å². The van der Waals surface area contributed by atoms with E-state index in [-0.39, 0.29) is 29.1 Å². The van der Waals surface area contributed by atoms with E-state index in [1.165, 1.54) is 0 Å². The number of para-hydroxylation sites is 1. The second-order valence-electron chi connectivity index (χ2n) is 12.6. The number of aromatic nitrogens is 2. The minimum Gasteiger partial charge on any atom is -0.493 e. The summed E-state index contributed by atoms with van der Waals surface area (Å²) in [5.74, 6) is 1.59. The van der Waals surface area contributed by atoms with Crippen LogP contribution in [0.1, 0.15) is 62.8 Å². The molecule has 8 nitrogen and oxygen atoms in total. The Balaban J connectivity index is 1.27. The molecule has 1 unspecified atom stereocenters. The Bertz CT molecular complexity index is 1530. The molecule has 0 bridgehead atoms. The Morgan fingerprint density at radius 1 is 0.955 bits per heavy atom. The van der Waals surface area contributed by atoms with Crippen LogP contribution in [-0.4, -0.2) is 41.3 Å². The van der Waals surface area contributed by atoms with Gasteiger partial charge in [-0.05, 0) is 80.7 Å². The Hall–Kier alpha value is -4.43. The normalized spacial score (nSPS) is 14.5. The fourth-order valence-electron chi connectivity index (χ4n) is 5.61. The first-order valence-electron chi connectivity index (χ1n) is 15.4. The van der Waals surface area contributed by atoms with E-state index in [9.17, 15) is 9.59 Å². The number of nitrogens with one attached hydrogen (secondary N) is 3. The topological polar surface area (TPSA) is 97.3 Å². The van der Waals surface area contributed by atoms with Crippen LogP contribution in [0.4, 0.5) is 16.3 Å². The van der Waals surface area contributed by atoms with E-state index in [2.05, 4.69) is 36.7 Å². The van der Waals surface area contributed by atoms with Gasteiger partial charge in [-0.15, -0.1) is 0 Å². The number of piperidine rings is 1. The number of carbonyl (C=O) groups excluding carboxylic acids is 2. The molecular weight excluding hydrogens is 550 g/mol. The summed E-state index contributed by atoms with van der Waals surface area (Å²) in [5, 5.41) is 14.1. The maximum absolute atomic E-state index is 13.6. The molecule has 1 aliphatic rings. The molecule has 0 radical (unpaired) electrons. The lowest BCUT2D eigenvalue weighted by atomic mass is 9.77. The van der Waals surface area contributed by atoms with Gasteiger partial charge in [0.2, 0.25) is 0 Å². The summed E-state index contributed by atoms with van der Waals surface area (Å²) in [6.07, 6.45) is 2.24. The van der Waals surface area contributed by atoms with E-state index in [4.69, 9.17) is 9.84 Å². The fourth-order valence-corrected chi connectivity index (χ4v) is 5.61. The molecule has 1 aliphatic heterocycles. The van der Waals surface area contributed by atoms with Crippen molar-refractivity contribution >= 4 is 23.3 Å². The molecule has 1 atom stereocenters. The number of ether oxygens (including phenoxy) is 1. The molecule has 3 N–H and O–H groups in total. The van der Waals surface area contributed by atoms with Crippen LogP contribution in [0.15, 0.2) is 84.9 Å². The first-order valence-corrected chi connectivity index (χ1v) is 15.4. The van der Waals surface area contributed by atoms with Crippen LogP contribution in [0.25, 0.3) is 5.69 Å². The summed E-state index contributed by atoms with van der Waals surface area (Å²) >= 11 is 0. The predicted molar refractivity (Wildman–Crippen MR) is 176 cm³/mol. The van der Waals surface area contributed by atoms with Crippen molar-refractivity contribution in [3.8, 4) is 11.4 Å². The zero-order chi connectivity index (χ0) is 31.1. The molecule has 3 aromatic carbocycles. The van der Waals surface area contributed by atoms with Crippen LogP contribution in [-0.2, 0) is 10.2 Å². The smallest absolute Gasteiger partial charge is 0.324 e. The maximum atomic E-state index is 13.6. The number of anilines is 2. The highest BCUT2D eigenvalue weighted by Gasteiger charge is 2.30. The van der Waals surface area contributed by atoms with Gasteiger partial charge in [-0.25, -0.2) is 9.48 Å². The van der Waals surface area contributed by atoms with Gasteiger partial charge < -0.3 is 15.4 Å². The number of amides is 2. The lowest BCUT2D eigenvalue weighted by molar-refractivity contribution is -0.122. The third-order valence-electron chi connectivity index (χ3n) is 8.09. The highest BCUT2D eigenvalue weighted by molar-refractivity contribution is 5.99. The molecule has 0 aliphatic carbocycles. The van der Waals surface area contributed by atoms with Crippen molar-refractivity contribution in [3.63, 3.8) is 0 Å². The largest absolute Gasteiger partial charge is 0.493 e. The van der Waals surface area contributed by atoms with Gasteiger partial charge in [-0.3, -0.25) is 10.1 Å². The molecule has 0 spiro atoms. The summed E-state index contributed by atoms with van der Waals surface area (Å²) in [5.41, 5.74) is 4.33. The van der Waals surface area contributed by atoms with Crippen LogP contribution in [0, 0.1) is 12.8 Å². The number of Topliss-reactive ketones (excluding diaryl/α,β-unsaturated/α-hetero) is 1. The Labute approximate surface area is 260 Å². The standard InChI is InChI=1S/C36H43N5O3/c1-25-10-16-29(17-11-25)41-33(24-32(40-41)36(2,3)4)39-35(43)38-28-14-12-26(13-15-28)34(27-18-21-37-22-19-27)31(42)20-23-44-30-8-6-5-7-9-30/h5-17,24,27,34,37H,18-23H2,1-4H3,(H2,38,39,43). The van der Waals surface area contributed by atoms with Crippen molar-refractivity contribution in [1.82, 2.24) is 15.1 Å². The van der Waals surface area contributed by atoms with Gasteiger partial charge in [0.25, 0.3) is 0 Å². The van der Waals surface area contributed by atoms with Crippen LogP contribution in [0.2, 0.25) is 0 Å². The number of ketones is 1. The molecule has 1 aromatic heterocycles. The van der Waals surface area contributed by atoms with Gasteiger partial charge in [0.1, 0.15) is 17.4 Å². The van der Waals surface area contributed by atoms with Gasteiger partial charge in [-0.1, -0.05) is 68.8 Å². The summed E-state index contributed by atoms with van der Waals surface area (Å²) in [6.45, 7) is 10.5. The quantitative estimate of drug-likeness (QED) is 0.180. The number of urea groups is 1. The zero-order valence-electron chi connectivity index (χ0n) is 26.1. The van der Waals surface area contributed by atoms with Crippen LogP contribution in [0.3, 0.4) is 0 Å². The number of benzene rings is 3. The highest BCUT2D eigenvalue weighted by Crippen LogP contribution is 2.34. The van der Waals surface area contributed by atoms with Gasteiger partial charge in [0.05, 0.1) is 18.0 Å². The minimum absolute atomic E-state index is 0.185. The van der Waals surface area contributed by atoms with E-state index in [1.54, 1.807) is 4.68 Å². The second-order valence-corrected chi connectivity index (χ2v) is 12.6. The molecular formula is C36H43N5O3. The second kappa shape index (κ2) is 13.9. The summed E-state index contributed by atoms with van der Waals surface area (Å²) < 4.78 is 7.59. The van der Waals surface area contributed by atoms with Gasteiger partial charge in [0.15, 0.2) is 0 Å². The zero-order valence-corrected chi connectivity index (χ0v) is 26.1. The van der Waals surface area contributed by atoms with E-state index in [0.29, 0.717) is 24.5 Å². The Morgan fingerprint density at radius 2 is 1.64 bits per heavy atom. The van der Waals surface area contributed by atoms with Gasteiger partial charge in [0, 0.05) is 29.5 Å². The lowest BCUT2D eigenvalue weighted by Crippen LogP contribution is -2.34. The Kier molecular flexibility index (Phi) is 9.80. The van der Waals surface area contributed by atoms with Crippen molar-refractivity contribution in [2.24, 2.45) is 5.92 Å². The molecule has 44 heavy (non-hydrogen) atoms. The van der Waals surface area contributed by atoms with E-state index >= 15 is 0 Å². The average Bonchev–Trinajstić information content (AvgIpc) is 3.44. The lowest BCUT2D eigenvalue weighted by Gasteiger charge is -2.30. The number of rotatable bonds is 10. The summed E-state index contributed by atoms with van der Waals surface area (Å²) in [6, 6.07) is 26.8. The molecule has 2 heterocycles. The molecule has 0 saturated carbocycles. The average molecular weight is 594 g/mol. The van der Waals surface area contributed by atoms with Gasteiger partial charge >= 0.3 is 6.03 Å². The number of hydrogen-bond donors (Lipinski definition) is 3. The number of carbonyl (C=O) groups is 2. The minimum atomic E-state index is -0.365. The number of hydrogen-bond acceptors (Lipinski definition) is 5. The van der Waals surface area contributed by atoms with E-state index in [0.717, 1.165) is 54.2 Å². The summed E-state index contributed by atoms with van der Waals surface area (Å²) in [7, 11) is 0. The van der Waals surface area contributed by atoms with Crippen molar-refractivity contribution in [2.45, 2.75) is 58.3 Å².